The number of pyridine rings is 4. The van der Waals surface area contributed by atoms with Crippen LogP contribution in [-0.2, 0) is 40.2 Å². The maximum Gasteiger partial charge on any atom is 3.00 e. The zero-order valence-corrected chi connectivity index (χ0v) is 56.3. The third kappa shape index (κ3) is 15.4. The van der Waals surface area contributed by atoms with Crippen molar-refractivity contribution in [2.45, 2.75) is 0 Å². The third-order valence-electron chi connectivity index (χ3n) is 15.4. The molecule has 13 aromatic rings. The molecule has 17 heteroatoms. The number of anilines is 4. The molecule has 0 saturated heterocycles. The molecule has 0 atom stereocenters. The predicted octanol–water partition coefficient (Wildman–Crippen LogP) is 14.4. The minimum Gasteiger partial charge on any atom is -0.562 e. The zero-order chi connectivity index (χ0) is 64.2. The number of carbonyl (C=O) groups excluding carboxylic acids is 4. The minimum absolute atomic E-state index is 0. The van der Waals surface area contributed by atoms with Crippen LogP contribution in [0.5, 0.6) is 0 Å². The molecule has 7 aromatic carbocycles. The fourth-order valence-electron chi connectivity index (χ4n) is 10.2. The van der Waals surface area contributed by atoms with E-state index in [0.717, 1.165) is 61.7 Å². The van der Waals surface area contributed by atoms with Crippen molar-refractivity contribution in [1.82, 2.24) is 34.5 Å². The first-order chi connectivity index (χ1) is 45.4. The second-order valence-corrected chi connectivity index (χ2v) is 21.3. The fourth-order valence-corrected chi connectivity index (χ4v) is 10.2. The number of hydrogen-bond donors (Lipinski definition) is 0. The van der Waals surface area contributed by atoms with Crippen molar-refractivity contribution < 1.29 is 59.4 Å². The summed E-state index contributed by atoms with van der Waals surface area (Å²) in [5.41, 5.74) is 13.5. The van der Waals surface area contributed by atoms with Crippen LogP contribution < -0.4 is 19.6 Å². The summed E-state index contributed by atoms with van der Waals surface area (Å²) in [7, 11) is 6.76. The maximum absolute atomic E-state index is 14.3. The molecular formula is C78H55Ir2N11O4. The number of benzene rings is 7. The summed E-state index contributed by atoms with van der Waals surface area (Å²) in [6, 6.07) is 81.0. The van der Waals surface area contributed by atoms with Gasteiger partial charge in [0.05, 0.1) is 28.7 Å². The summed E-state index contributed by atoms with van der Waals surface area (Å²) in [5.74, 6) is -0.670. The molecule has 4 amide bonds. The summed E-state index contributed by atoms with van der Waals surface area (Å²) in [5, 5.41) is 0. The Labute approximate surface area is 577 Å². The molecule has 6 heterocycles. The van der Waals surface area contributed by atoms with Gasteiger partial charge in [0.1, 0.15) is 0 Å². The normalized spacial score (nSPS) is 10.5. The van der Waals surface area contributed by atoms with Crippen LogP contribution in [0.25, 0.3) is 73.2 Å². The number of carbonyl (C=O) groups is 4. The molecule has 95 heavy (non-hydrogen) atoms. The largest absolute Gasteiger partial charge is 3.00 e. The molecule has 0 bridgehead atoms. The predicted molar refractivity (Wildman–Crippen MR) is 361 cm³/mol. The van der Waals surface area contributed by atoms with E-state index in [2.05, 4.69) is 66.6 Å². The van der Waals surface area contributed by atoms with E-state index in [0.29, 0.717) is 56.5 Å². The van der Waals surface area contributed by atoms with E-state index < -0.39 is 0 Å². The van der Waals surface area contributed by atoms with Crippen molar-refractivity contribution in [3.05, 3.63) is 321 Å². The molecule has 464 valence electrons. The van der Waals surface area contributed by atoms with E-state index in [-0.39, 0.29) is 63.8 Å². The quantitative estimate of drug-likeness (QED) is 0.0903. The SMILES string of the molecule is CN(C(=O)c1cc(C(=O)N(C)c2ccc(-c3[c-]cccc3)nc2)cc(-c2ccccc2-c2cnc(-n3[c-]cc[c-]3)nc2)c1)c1ccc(-c2[c-]cccc2)nc1.CN(C(=O)c1cccc(C(=O)N(C)c2ccc(-c3[c-]cccc3)nc2)c1)c1ccc(-c2[c-]cccc2)nc1.[Ir+3].[Ir+3]. The van der Waals surface area contributed by atoms with Crippen molar-refractivity contribution in [1.29, 1.82) is 0 Å². The Hall–Kier alpha value is -11.3. The van der Waals surface area contributed by atoms with Crippen LogP contribution in [0.4, 0.5) is 22.7 Å². The van der Waals surface area contributed by atoms with Crippen LogP contribution >= 0.6 is 0 Å². The third-order valence-corrected chi connectivity index (χ3v) is 15.4. The Morgan fingerprint density at radius 1 is 0.316 bits per heavy atom. The van der Waals surface area contributed by atoms with Crippen molar-refractivity contribution >= 4 is 46.4 Å². The fraction of sp³-hybridized carbons (Fsp3) is 0.0513. The molecule has 0 unspecified atom stereocenters. The van der Waals surface area contributed by atoms with E-state index in [1.165, 1.54) is 19.6 Å². The van der Waals surface area contributed by atoms with Crippen molar-refractivity contribution in [2.75, 3.05) is 47.8 Å². The molecular weight excluding hydrogens is 1540 g/mol. The van der Waals surface area contributed by atoms with Crippen LogP contribution in [0.3, 0.4) is 0 Å². The number of amides is 4. The first-order valence-electron chi connectivity index (χ1n) is 29.4. The van der Waals surface area contributed by atoms with Gasteiger partial charge in [0.15, 0.2) is 0 Å². The van der Waals surface area contributed by atoms with Gasteiger partial charge in [-0.1, -0.05) is 54.6 Å². The van der Waals surface area contributed by atoms with Crippen LogP contribution in [-0.4, -0.2) is 86.3 Å². The van der Waals surface area contributed by atoms with Gasteiger partial charge in [0, 0.05) is 93.2 Å². The summed E-state index contributed by atoms with van der Waals surface area (Å²) < 4.78 is 1.59. The van der Waals surface area contributed by atoms with Crippen molar-refractivity contribution in [2.24, 2.45) is 0 Å². The van der Waals surface area contributed by atoms with Gasteiger partial charge in [-0.15, -0.1) is 144 Å². The molecule has 0 aliphatic carbocycles. The number of hydrogen-bond acceptors (Lipinski definition) is 10. The van der Waals surface area contributed by atoms with Gasteiger partial charge in [-0.2, -0.15) is 0 Å². The molecule has 0 aliphatic heterocycles. The van der Waals surface area contributed by atoms with Gasteiger partial charge in [-0.05, 0) is 100 Å². The molecule has 0 aliphatic rings. The van der Waals surface area contributed by atoms with E-state index in [1.807, 2.05) is 170 Å². The van der Waals surface area contributed by atoms with Crippen LogP contribution in [0.2, 0.25) is 0 Å². The van der Waals surface area contributed by atoms with Gasteiger partial charge in [-0.25, -0.2) is 12.3 Å². The second kappa shape index (κ2) is 30.9. The van der Waals surface area contributed by atoms with E-state index in [1.54, 1.807) is 125 Å². The summed E-state index contributed by atoms with van der Waals surface area (Å²) in [6.45, 7) is 0. The van der Waals surface area contributed by atoms with E-state index in [4.69, 9.17) is 0 Å². The Morgan fingerprint density at radius 2 is 0.632 bits per heavy atom. The molecule has 0 saturated carbocycles. The molecule has 0 N–H and O–H groups in total. The molecule has 6 aromatic heterocycles. The van der Waals surface area contributed by atoms with Crippen LogP contribution in [0, 0.1) is 36.7 Å². The average Bonchev–Trinajstić information content (AvgIpc) is 0.866. The van der Waals surface area contributed by atoms with Crippen LogP contribution in [0.1, 0.15) is 41.4 Å². The molecule has 0 radical (unpaired) electrons. The molecule has 13 rings (SSSR count). The van der Waals surface area contributed by atoms with E-state index in [9.17, 15) is 19.2 Å². The van der Waals surface area contributed by atoms with Gasteiger partial charge >= 0.3 is 40.2 Å². The molecule has 15 nitrogen and oxygen atoms in total. The van der Waals surface area contributed by atoms with Crippen LogP contribution in [0.15, 0.2) is 262 Å². The maximum atomic E-state index is 14.3. The minimum atomic E-state index is -0.311. The van der Waals surface area contributed by atoms with E-state index >= 15 is 0 Å². The summed E-state index contributed by atoms with van der Waals surface area (Å²) in [6.07, 6.45) is 16.1. The van der Waals surface area contributed by atoms with Gasteiger partial charge in [-0.3, -0.25) is 31.4 Å². The first kappa shape index (κ1) is 66.6. The zero-order valence-electron chi connectivity index (χ0n) is 51.5. The summed E-state index contributed by atoms with van der Waals surface area (Å²) >= 11 is 0. The number of aromatic nitrogens is 7. The number of nitrogens with zero attached hydrogens (tertiary/aromatic N) is 11. The molecule has 0 fully saturated rings. The Bertz CT molecular complexity index is 4490. The second-order valence-electron chi connectivity index (χ2n) is 21.3. The van der Waals surface area contributed by atoms with Gasteiger partial charge < -0.3 is 54.1 Å². The standard InChI is InChI=1S/C46H31N7O2.C32H24N4O2.2Ir/c1-51(38-19-21-42(47-30-38)32-13-5-3-6-14-32)44(54)35-25-34(40-17-9-10-18-41(40)37-28-49-46(50-29-37)53-23-11-12-24-53)26-36(27-35)45(55)52(2)39-20-22-43(48-31-39)33-15-7-4-8-16-33;1-35(27-16-18-29(33-21-27)23-10-5-3-6-11-23)31(37)25-14-9-15-26(20-25)32(38)36(2)28-17-19-30(34-22-28)24-12-7-4-8-13-24;;/h3-13,15,17-22,25-31H,1-2H3;3-10,12,14-22H,1-2H3;;/q-4;-2;2*+3. The Kier molecular flexibility index (Phi) is 21.6. The summed E-state index contributed by atoms with van der Waals surface area (Å²) in [4.78, 5) is 88.4. The van der Waals surface area contributed by atoms with Gasteiger partial charge in [0.2, 0.25) is 0 Å². The number of rotatable bonds is 15. The van der Waals surface area contributed by atoms with Gasteiger partial charge in [0.25, 0.3) is 23.6 Å². The topological polar surface area (TPSA) is 164 Å². The molecule has 0 spiro atoms. The van der Waals surface area contributed by atoms with Crippen molar-refractivity contribution in [3.8, 4) is 73.2 Å². The first-order valence-corrected chi connectivity index (χ1v) is 29.4. The van der Waals surface area contributed by atoms with Crippen molar-refractivity contribution in [3.63, 3.8) is 0 Å². The monoisotopic (exact) mass is 1600 g/mol. The Morgan fingerprint density at radius 3 is 0.947 bits per heavy atom. The smallest absolute Gasteiger partial charge is 0.562 e. The Balaban J connectivity index is 0.000000216. The average molecular weight is 1590 g/mol.